The number of aliphatic hydroxyl groups is 1. The highest BCUT2D eigenvalue weighted by Crippen LogP contribution is 2.53. The quantitative estimate of drug-likeness (QED) is 0.750. The van der Waals surface area contributed by atoms with Crippen LogP contribution in [0.2, 0.25) is 0 Å². The molecule has 172 valence electrons. The molecule has 2 aliphatic heterocycles. The number of hydrogen-bond donors (Lipinski definition) is 2. The highest BCUT2D eigenvalue weighted by atomic mass is 16.3. The summed E-state index contributed by atoms with van der Waals surface area (Å²) in [5, 5.41) is 22.9. The fourth-order valence-corrected chi connectivity index (χ4v) is 6.30. The lowest BCUT2D eigenvalue weighted by Gasteiger charge is -2.58. The lowest BCUT2D eigenvalue weighted by atomic mass is 9.57. The van der Waals surface area contributed by atoms with E-state index in [1.807, 2.05) is 18.2 Å². The molecule has 5 rings (SSSR count). The fraction of sp³-hybridized carbons (Fsp3) is 0.615. The van der Waals surface area contributed by atoms with Gasteiger partial charge in [-0.05, 0) is 94.3 Å². The smallest absolute Gasteiger partial charge is 0.142 e. The summed E-state index contributed by atoms with van der Waals surface area (Å²) >= 11 is 0. The summed E-state index contributed by atoms with van der Waals surface area (Å²) in [6, 6.07) is 7.60. The van der Waals surface area contributed by atoms with Crippen LogP contribution in [0.3, 0.4) is 0 Å². The zero-order chi connectivity index (χ0) is 22.3. The zero-order valence-corrected chi connectivity index (χ0v) is 19.4. The van der Waals surface area contributed by atoms with E-state index >= 15 is 0 Å². The third-order valence-corrected chi connectivity index (χ3v) is 8.47. The number of aromatic hydroxyl groups is 1. The number of phenolic OH excluding ortho intramolecular Hbond substituents is 1. The van der Waals surface area contributed by atoms with Crippen LogP contribution in [0.5, 0.6) is 5.75 Å². The Bertz CT molecular complexity index is 950. The molecule has 6 nitrogen and oxygen atoms in total. The van der Waals surface area contributed by atoms with E-state index in [1.54, 1.807) is 18.5 Å². The van der Waals surface area contributed by atoms with Crippen molar-refractivity contribution in [2.45, 2.75) is 69.6 Å². The number of hydrogen-bond acceptors (Lipinski definition) is 6. The fourth-order valence-electron chi connectivity index (χ4n) is 6.30. The van der Waals surface area contributed by atoms with Crippen molar-refractivity contribution in [1.82, 2.24) is 19.8 Å². The van der Waals surface area contributed by atoms with Gasteiger partial charge in [0, 0.05) is 36.9 Å². The summed E-state index contributed by atoms with van der Waals surface area (Å²) in [6.07, 6.45) is 8.72. The SMILES string of the molecule is Cc1ccc(O)cc1C12CCN(Cc3ncccn3)CCC1(O)C(C)N(CC1CC1)CC2. The van der Waals surface area contributed by atoms with Crippen molar-refractivity contribution < 1.29 is 10.2 Å². The Kier molecular flexibility index (Phi) is 5.72. The summed E-state index contributed by atoms with van der Waals surface area (Å²) in [6.45, 7) is 8.83. The Balaban J connectivity index is 1.51. The van der Waals surface area contributed by atoms with Gasteiger partial charge in [-0.25, -0.2) is 9.97 Å². The average molecular weight is 437 g/mol. The van der Waals surface area contributed by atoms with Crippen LogP contribution < -0.4 is 0 Å². The molecule has 1 aliphatic carbocycles. The molecule has 1 aromatic carbocycles. The van der Waals surface area contributed by atoms with Gasteiger partial charge in [-0.3, -0.25) is 9.80 Å². The molecule has 6 heteroatoms. The lowest BCUT2D eigenvalue weighted by molar-refractivity contribution is -0.136. The first kappa shape index (κ1) is 21.8. The van der Waals surface area contributed by atoms with Crippen molar-refractivity contribution in [3.05, 3.63) is 53.6 Å². The maximum Gasteiger partial charge on any atom is 0.142 e. The summed E-state index contributed by atoms with van der Waals surface area (Å²) in [5.74, 6) is 1.91. The van der Waals surface area contributed by atoms with Crippen molar-refractivity contribution in [3.8, 4) is 5.75 Å². The molecule has 32 heavy (non-hydrogen) atoms. The lowest BCUT2D eigenvalue weighted by Crippen LogP contribution is -2.68. The van der Waals surface area contributed by atoms with Crippen LogP contribution in [-0.2, 0) is 12.0 Å². The molecule has 3 aliphatic rings. The van der Waals surface area contributed by atoms with Gasteiger partial charge in [0.05, 0.1) is 12.1 Å². The Morgan fingerprint density at radius 3 is 2.53 bits per heavy atom. The summed E-state index contributed by atoms with van der Waals surface area (Å²) < 4.78 is 0. The number of nitrogens with zero attached hydrogens (tertiary/aromatic N) is 4. The van der Waals surface area contributed by atoms with Crippen molar-refractivity contribution in [1.29, 1.82) is 0 Å². The van der Waals surface area contributed by atoms with Crippen LogP contribution in [0.15, 0.2) is 36.7 Å². The minimum atomic E-state index is -0.856. The van der Waals surface area contributed by atoms with E-state index in [1.165, 1.54) is 12.8 Å². The van der Waals surface area contributed by atoms with Crippen LogP contribution >= 0.6 is 0 Å². The molecule has 3 unspecified atom stereocenters. The second-order valence-corrected chi connectivity index (χ2v) is 10.3. The standard InChI is InChI=1S/C26H36N4O2/c1-19-4-7-22(31)16-23(19)25-8-13-29(18-24-27-11-3-12-28-24)14-10-26(25,32)20(2)30(15-9-25)17-21-5-6-21/h3-4,7,11-12,16,20-21,31-32H,5-6,8-10,13-15,17-18H2,1-2H3. The summed E-state index contributed by atoms with van der Waals surface area (Å²) in [4.78, 5) is 13.8. The van der Waals surface area contributed by atoms with Gasteiger partial charge in [0.25, 0.3) is 0 Å². The van der Waals surface area contributed by atoms with E-state index in [0.29, 0.717) is 13.0 Å². The first-order valence-corrected chi connectivity index (χ1v) is 12.2. The number of phenols is 1. The van der Waals surface area contributed by atoms with Crippen LogP contribution in [0.4, 0.5) is 0 Å². The molecule has 3 heterocycles. The number of likely N-dealkylation sites (tertiary alicyclic amines) is 2. The topological polar surface area (TPSA) is 72.7 Å². The maximum absolute atomic E-state index is 12.6. The molecule has 2 N–H and O–H groups in total. The molecule has 0 bridgehead atoms. The third kappa shape index (κ3) is 3.82. The number of rotatable bonds is 5. The first-order valence-electron chi connectivity index (χ1n) is 12.2. The van der Waals surface area contributed by atoms with Crippen LogP contribution in [0, 0.1) is 12.8 Å². The van der Waals surface area contributed by atoms with E-state index in [-0.39, 0.29) is 17.2 Å². The van der Waals surface area contributed by atoms with Gasteiger partial charge in [-0.1, -0.05) is 6.07 Å². The predicted molar refractivity (Wildman–Crippen MR) is 124 cm³/mol. The molecule has 3 atom stereocenters. The van der Waals surface area contributed by atoms with E-state index in [0.717, 1.165) is 61.9 Å². The summed E-state index contributed by atoms with van der Waals surface area (Å²) in [5.41, 5.74) is 1.05. The van der Waals surface area contributed by atoms with Crippen molar-refractivity contribution in [3.63, 3.8) is 0 Å². The molecule has 0 radical (unpaired) electrons. The van der Waals surface area contributed by atoms with Gasteiger partial charge in [0.2, 0.25) is 0 Å². The van der Waals surface area contributed by atoms with Gasteiger partial charge in [-0.2, -0.15) is 0 Å². The van der Waals surface area contributed by atoms with Crippen molar-refractivity contribution in [2.24, 2.45) is 5.92 Å². The highest BCUT2D eigenvalue weighted by Gasteiger charge is 2.59. The summed E-state index contributed by atoms with van der Waals surface area (Å²) in [7, 11) is 0. The Hall–Kier alpha value is -2.02. The van der Waals surface area contributed by atoms with E-state index in [2.05, 4.69) is 33.6 Å². The molecular formula is C26H36N4O2. The van der Waals surface area contributed by atoms with Gasteiger partial charge in [0.15, 0.2) is 0 Å². The van der Waals surface area contributed by atoms with Gasteiger partial charge >= 0.3 is 0 Å². The maximum atomic E-state index is 12.6. The van der Waals surface area contributed by atoms with Gasteiger partial charge < -0.3 is 10.2 Å². The zero-order valence-electron chi connectivity index (χ0n) is 19.4. The number of aryl methyl sites for hydroxylation is 1. The Morgan fingerprint density at radius 2 is 1.78 bits per heavy atom. The third-order valence-electron chi connectivity index (χ3n) is 8.47. The van der Waals surface area contributed by atoms with E-state index in [4.69, 9.17) is 0 Å². The van der Waals surface area contributed by atoms with Crippen LogP contribution in [0.25, 0.3) is 0 Å². The molecule has 2 aromatic rings. The largest absolute Gasteiger partial charge is 0.508 e. The molecule has 1 aromatic heterocycles. The predicted octanol–water partition coefficient (Wildman–Crippen LogP) is 3.26. The number of benzene rings is 1. The van der Waals surface area contributed by atoms with Gasteiger partial charge in [-0.15, -0.1) is 0 Å². The molecule has 2 saturated heterocycles. The number of aromatic nitrogens is 2. The molecule has 0 amide bonds. The number of fused-ring (bicyclic) bond motifs is 1. The average Bonchev–Trinajstić information content (AvgIpc) is 3.62. The monoisotopic (exact) mass is 436 g/mol. The normalized spacial score (nSPS) is 31.8. The Morgan fingerprint density at radius 1 is 1.06 bits per heavy atom. The van der Waals surface area contributed by atoms with E-state index in [9.17, 15) is 10.2 Å². The first-order chi connectivity index (χ1) is 15.4. The molecular weight excluding hydrogens is 400 g/mol. The second-order valence-electron chi connectivity index (χ2n) is 10.3. The molecule has 3 fully saturated rings. The minimum Gasteiger partial charge on any atom is -0.508 e. The minimum absolute atomic E-state index is 0.0755. The van der Waals surface area contributed by atoms with Crippen LogP contribution in [-0.4, -0.2) is 67.8 Å². The van der Waals surface area contributed by atoms with Crippen LogP contribution in [0.1, 0.15) is 56.0 Å². The Labute approximate surface area is 191 Å². The van der Waals surface area contributed by atoms with Gasteiger partial charge in [0.1, 0.15) is 11.6 Å². The second kappa shape index (κ2) is 8.40. The van der Waals surface area contributed by atoms with Crippen molar-refractivity contribution >= 4 is 0 Å². The number of piperidine rings is 1. The van der Waals surface area contributed by atoms with E-state index < -0.39 is 5.60 Å². The van der Waals surface area contributed by atoms with Crippen molar-refractivity contribution in [2.75, 3.05) is 26.2 Å². The highest BCUT2D eigenvalue weighted by molar-refractivity contribution is 5.43. The molecule has 1 saturated carbocycles. The molecule has 0 spiro atoms.